The minimum absolute atomic E-state index is 0.0143. The molecular weight excluding hydrogens is 398 g/mol. The summed E-state index contributed by atoms with van der Waals surface area (Å²) in [5.74, 6) is 0.573. The predicted molar refractivity (Wildman–Crippen MR) is 111 cm³/mol. The fourth-order valence-corrected chi connectivity index (χ4v) is 6.53. The second-order valence-corrected chi connectivity index (χ2v) is 10.3. The van der Waals surface area contributed by atoms with Gasteiger partial charge in [0.15, 0.2) is 0 Å². The largest absolute Gasteiger partial charge is 0.332 e. The van der Waals surface area contributed by atoms with Gasteiger partial charge in [-0.15, -0.1) is 0 Å². The molecule has 0 aliphatic carbocycles. The van der Waals surface area contributed by atoms with Gasteiger partial charge in [0.1, 0.15) is 0 Å². The van der Waals surface area contributed by atoms with E-state index in [1.165, 1.54) is 11.8 Å². The molecule has 0 spiro atoms. The Morgan fingerprint density at radius 2 is 1.82 bits per heavy atom. The lowest BCUT2D eigenvalue weighted by Crippen LogP contribution is -2.47. The molecule has 2 heterocycles. The van der Waals surface area contributed by atoms with Crippen LogP contribution in [0.5, 0.6) is 0 Å². The molecule has 0 bridgehead atoms. The van der Waals surface area contributed by atoms with Gasteiger partial charge in [-0.2, -0.15) is 4.31 Å². The third-order valence-electron chi connectivity index (χ3n) is 5.28. The summed E-state index contributed by atoms with van der Waals surface area (Å²) in [6.45, 7) is 4.97. The fraction of sp³-hybridized carbons (Fsp3) is 0.579. The number of hydrogen-bond acceptors (Lipinski definition) is 5. The highest BCUT2D eigenvalue weighted by Gasteiger charge is 2.35. The molecule has 0 radical (unpaired) electrons. The van der Waals surface area contributed by atoms with Crippen LogP contribution >= 0.6 is 11.8 Å². The molecule has 0 saturated carbocycles. The van der Waals surface area contributed by atoms with Crippen LogP contribution in [-0.2, 0) is 14.8 Å². The van der Waals surface area contributed by atoms with E-state index in [4.69, 9.17) is 0 Å². The number of benzene rings is 1. The minimum atomic E-state index is -3.56. The zero-order valence-corrected chi connectivity index (χ0v) is 17.9. The smallest absolute Gasteiger partial charge is 0.281 e. The average molecular weight is 426 g/mol. The van der Waals surface area contributed by atoms with E-state index in [1.54, 1.807) is 33.5 Å². The molecule has 1 aromatic rings. The highest BCUT2D eigenvalue weighted by molar-refractivity contribution is 8.13. The van der Waals surface area contributed by atoms with Crippen molar-refractivity contribution in [3.05, 3.63) is 24.3 Å². The van der Waals surface area contributed by atoms with E-state index in [2.05, 4.69) is 5.32 Å². The zero-order valence-electron chi connectivity index (χ0n) is 16.3. The first-order valence-electron chi connectivity index (χ1n) is 9.64. The number of piperidine rings is 1. The van der Waals surface area contributed by atoms with Gasteiger partial charge in [0.05, 0.1) is 4.90 Å². The summed E-state index contributed by atoms with van der Waals surface area (Å²) in [5, 5.41) is 2.78. The molecule has 154 valence electrons. The maximum absolute atomic E-state index is 13.0. The molecule has 2 saturated heterocycles. The number of amides is 2. The van der Waals surface area contributed by atoms with Crippen molar-refractivity contribution >= 4 is 38.6 Å². The summed E-state index contributed by atoms with van der Waals surface area (Å²) >= 11 is 1.27. The third-order valence-corrected chi connectivity index (χ3v) is 8.31. The number of hydrogen-bond donors (Lipinski definition) is 1. The minimum Gasteiger partial charge on any atom is -0.332 e. The van der Waals surface area contributed by atoms with Crippen LogP contribution in [-0.4, -0.2) is 59.7 Å². The van der Waals surface area contributed by atoms with Gasteiger partial charge >= 0.3 is 0 Å². The number of carbonyl (C=O) groups is 2. The molecule has 1 aromatic carbocycles. The van der Waals surface area contributed by atoms with Crippen LogP contribution in [0.25, 0.3) is 0 Å². The van der Waals surface area contributed by atoms with E-state index in [0.29, 0.717) is 18.8 Å². The van der Waals surface area contributed by atoms with Crippen molar-refractivity contribution in [2.45, 2.75) is 56.5 Å². The van der Waals surface area contributed by atoms with E-state index in [0.717, 1.165) is 25.0 Å². The van der Waals surface area contributed by atoms with Crippen molar-refractivity contribution in [1.82, 2.24) is 9.21 Å². The molecule has 2 amide bonds. The van der Waals surface area contributed by atoms with Gasteiger partial charge in [-0.05, 0) is 51.0 Å². The second kappa shape index (κ2) is 8.84. The number of nitrogens with zero attached hydrogens (tertiary/aromatic N) is 2. The van der Waals surface area contributed by atoms with E-state index in [1.807, 2.05) is 13.8 Å². The number of thioether (sulfide) groups is 1. The molecule has 7 nitrogen and oxygen atoms in total. The van der Waals surface area contributed by atoms with Gasteiger partial charge < -0.3 is 10.2 Å². The van der Waals surface area contributed by atoms with Gasteiger partial charge in [0.2, 0.25) is 15.9 Å². The quantitative estimate of drug-likeness (QED) is 0.757. The Kier molecular flexibility index (Phi) is 6.67. The Balaban J connectivity index is 1.61. The number of carbonyl (C=O) groups excluding carboxylic acids is 2. The summed E-state index contributed by atoms with van der Waals surface area (Å²) < 4.78 is 27.6. The molecule has 2 fully saturated rings. The first kappa shape index (κ1) is 21.1. The van der Waals surface area contributed by atoms with Crippen LogP contribution in [0, 0.1) is 0 Å². The lowest BCUT2D eigenvalue weighted by molar-refractivity contribution is -0.116. The van der Waals surface area contributed by atoms with Crippen molar-refractivity contribution in [2.24, 2.45) is 0 Å². The fourth-order valence-electron chi connectivity index (χ4n) is 3.79. The van der Waals surface area contributed by atoms with Gasteiger partial charge in [-0.1, -0.05) is 18.2 Å². The van der Waals surface area contributed by atoms with Gasteiger partial charge in [0.25, 0.3) is 5.24 Å². The standard InChI is InChI=1S/C19H27N3O4S2/c1-14-4-3-5-15(2)22(14)28(25,26)17-8-6-16(7-9-17)20-18(23)10-11-21-12-13-27-19(21)24/h6-9,14-15H,3-5,10-13H2,1-2H3,(H,20,23)/t14-,15-/m1/s1. The van der Waals surface area contributed by atoms with E-state index in [-0.39, 0.29) is 34.5 Å². The molecule has 2 aliphatic rings. The summed E-state index contributed by atoms with van der Waals surface area (Å²) in [6, 6.07) is 6.28. The van der Waals surface area contributed by atoms with E-state index < -0.39 is 10.0 Å². The molecule has 1 N–H and O–H groups in total. The molecule has 0 aromatic heterocycles. The van der Waals surface area contributed by atoms with Crippen molar-refractivity contribution < 1.29 is 18.0 Å². The highest BCUT2D eigenvalue weighted by Crippen LogP contribution is 2.30. The molecule has 3 rings (SSSR count). The predicted octanol–water partition coefficient (Wildman–Crippen LogP) is 3.14. The van der Waals surface area contributed by atoms with Crippen LogP contribution in [0.4, 0.5) is 10.5 Å². The van der Waals surface area contributed by atoms with Crippen LogP contribution in [0.1, 0.15) is 39.5 Å². The first-order valence-corrected chi connectivity index (χ1v) is 12.1. The van der Waals surface area contributed by atoms with Crippen LogP contribution < -0.4 is 5.32 Å². The molecule has 9 heteroatoms. The summed E-state index contributed by atoms with van der Waals surface area (Å²) in [7, 11) is -3.56. The third kappa shape index (κ3) is 4.69. The first-order chi connectivity index (χ1) is 13.3. The van der Waals surface area contributed by atoms with Crippen LogP contribution in [0.3, 0.4) is 0 Å². The van der Waals surface area contributed by atoms with Crippen molar-refractivity contribution in [3.63, 3.8) is 0 Å². The summed E-state index contributed by atoms with van der Waals surface area (Å²) in [4.78, 5) is 25.6. The Bertz CT molecular complexity index is 816. The molecular formula is C19H27N3O4S2. The zero-order chi connectivity index (χ0) is 20.3. The second-order valence-electron chi connectivity index (χ2n) is 7.39. The van der Waals surface area contributed by atoms with Gasteiger partial charge in [0, 0.05) is 43.0 Å². The summed E-state index contributed by atoms with van der Waals surface area (Å²) in [6.07, 6.45) is 3.00. The number of anilines is 1. The molecule has 2 atom stereocenters. The number of sulfonamides is 1. The number of nitrogens with one attached hydrogen (secondary N) is 1. The highest BCUT2D eigenvalue weighted by atomic mass is 32.2. The lowest BCUT2D eigenvalue weighted by Gasteiger charge is -2.37. The topological polar surface area (TPSA) is 86.8 Å². The number of rotatable bonds is 6. The van der Waals surface area contributed by atoms with Crippen molar-refractivity contribution in [2.75, 3.05) is 24.2 Å². The van der Waals surface area contributed by atoms with Crippen LogP contribution in [0.15, 0.2) is 29.2 Å². The molecule has 2 aliphatic heterocycles. The molecule has 0 unspecified atom stereocenters. The normalized spacial score (nSPS) is 23.8. The Morgan fingerprint density at radius 1 is 1.18 bits per heavy atom. The Labute approximate surface area is 170 Å². The Hall–Kier alpha value is -1.58. The monoisotopic (exact) mass is 425 g/mol. The SMILES string of the molecule is C[C@@H]1CCC[C@@H](C)N1S(=O)(=O)c1ccc(NC(=O)CCN2CCSC2=O)cc1. The van der Waals surface area contributed by atoms with Crippen molar-refractivity contribution in [1.29, 1.82) is 0 Å². The van der Waals surface area contributed by atoms with E-state index >= 15 is 0 Å². The van der Waals surface area contributed by atoms with Crippen molar-refractivity contribution in [3.8, 4) is 0 Å². The van der Waals surface area contributed by atoms with Gasteiger partial charge in [-0.25, -0.2) is 8.42 Å². The maximum Gasteiger partial charge on any atom is 0.281 e. The van der Waals surface area contributed by atoms with Gasteiger partial charge in [-0.3, -0.25) is 9.59 Å². The van der Waals surface area contributed by atoms with Crippen LogP contribution in [0.2, 0.25) is 0 Å². The maximum atomic E-state index is 13.0. The summed E-state index contributed by atoms with van der Waals surface area (Å²) in [5.41, 5.74) is 0.547. The average Bonchev–Trinajstić information content (AvgIpc) is 3.05. The lowest BCUT2D eigenvalue weighted by atomic mass is 10.0. The molecule has 28 heavy (non-hydrogen) atoms. The Morgan fingerprint density at radius 3 is 2.39 bits per heavy atom. The van der Waals surface area contributed by atoms with E-state index in [9.17, 15) is 18.0 Å².